The number of piperidine rings is 1. The van der Waals surface area contributed by atoms with Gasteiger partial charge in [0.1, 0.15) is 6.61 Å². The van der Waals surface area contributed by atoms with Gasteiger partial charge in [0.25, 0.3) is 0 Å². The van der Waals surface area contributed by atoms with Crippen LogP contribution in [-0.4, -0.2) is 56.2 Å². The lowest BCUT2D eigenvalue weighted by atomic mass is 10.1. The van der Waals surface area contributed by atoms with Crippen molar-refractivity contribution < 1.29 is 9.53 Å². The van der Waals surface area contributed by atoms with Crippen molar-refractivity contribution >= 4 is 5.91 Å². The minimum atomic E-state index is -0.424. The van der Waals surface area contributed by atoms with Gasteiger partial charge in [-0.3, -0.25) is 9.69 Å². The molecule has 5 nitrogen and oxygen atoms in total. The van der Waals surface area contributed by atoms with Gasteiger partial charge in [-0.25, -0.2) is 0 Å². The molecule has 0 atom stereocenters. The molecule has 3 N–H and O–H groups in total. The van der Waals surface area contributed by atoms with Gasteiger partial charge in [0.15, 0.2) is 0 Å². The quantitative estimate of drug-likeness (QED) is 0.450. The third-order valence-electron chi connectivity index (χ3n) is 2.83. The molecule has 0 aliphatic carbocycles. The van der Waals surface area contributed by atoms with Crippen LogP contribution in [0.25, 0.3) is 0 Å². The number of hydrogen-bond donors (Lipinski definition) is 2. The summed E-state index contributed by atoms with van der Waals surface area (Å²) < 4.78 is 5.07. The van der Waals surface area contributed by atoms with Crippen molar-refractivity contribution in [3.05, 3.63) is 0 Å². The van der Waals surface area contributed by atoms with Gasteiger partial charge in [0.2, 0.25) is 5.91 Å². The summed E-state index contributed by atoms with van der Waals surface area (Å²) in [5, 5.41) is 3.40. The highest BCUT2D eigenvalue weighted by Crippen LogP contribution is 2.09. The van der Waals surface area contributed by atoms with Crippen LogP contribution in [0.3, 0.4) is 0 Å². The molecule has 1 rings (SSSR count). The Morgan fingerprint density at radius 1 is 1.53 bits per heavy atom. The molecule has 0 radical (unpaired) electrons. The number of primary amides is 1. The fourth-order valence-electron chi connectivity index (χ4n) is 1.93. The number of nitrogens with two attached hydrogens (primary N) is 1. The van der Waals surface area contributed by atoms with E-state index in [9.17, 15) is 4.79 Å². The van der Waals surface area contributed by atoms with E-state index >= 15 is 0 Å². The van der Waals surface area contributed by atoms with Crippen molar-refractivity contribution in [3.8, 4) is 12.3 Å². The number of terminal acetylenes is 1. The molecule has 5 heteroatoms. The van der Waals surface area contributed by atoms with Gasteiger partial charge in [-0.05, 0) is 12.8 Å². The van der Waals surface area contributed by atoms with Crippen LogP contribution in [0.4, 0.5) is 0 Å². The molecule has 0 saturated carbocycles. The van der Waals surface area contributed by atoms with Crippen LogP contribution < -0.4 is 11.1 Å². The van der Waals surface area contributed by atoms with Crippen molar-refractivity contribution in [3.63, 3.8) is 0 Å². The molecule has 0 spiro atoms. The number of nitrogens with one attached hydrogen (secondary N) is 1. The van der Waals surface area contributed by atoms with Gasteiger partial charge in [0, 0.05) is 25.7 Å². The predicted molar refractivity (Wildman–Crippen MR) is 66.3 cm³/mol. The number of nitrogens with zero attached hydrogens (tertiary/aromatic N) is 1. The van der Waals surface area contributed by atoms with Gasteiger partial charge < -0.3 is 15.8 Å². The van der Waals surface area contributed by atoms with Gasteiger partial charge in [-0.2, -0.15) is 0 Å². The average molecular weight is 239 g/mol. The first kappa shape index (κ1) is 14.0. The van der Waals surface area contributed by atoms with Crippen LogP contribution in [0.1, 0.15) is 12.8 Å². The van der Waals surface area contributed by atoms with Crippen molar-refractivity contribution in [1.29, 1.82) is 0 Å². The molecule has 1 saturated heterocycles. The molecule has 96 valence electrons. The van der Waals surface area contributed by atoms with Crippen molar-refractivity contribution in [1.82, 2.24) is 10.2 Å². The molecule has 1 fully saturated rings. The topological polar surface area (TPSA) is 67.6 Å². The number of rotatable bonds is 7. The summed E-state index contributed by atoms with van der Waals surface area (Å²) in [6.07, 6.45) is 7.49. The Hall–Kier alpha value is -1.09. The minimum absolute atomic E-state index is 0.00228. The molecule has 0 aromatic rings. The van der Waals surface area contributed by atoms with Crippen LogP contribution in [0.5, 0.6) is 0 Å². The molecule has 0 unspecified atom stereocenters. The maximum Gasteiger partial charge on any atom is 0.243 e. The van der Waals surface area contributed by atoms with Crippen LogP contribution >= 0.6 is 0 Å². The lowest BCUT2D eigenvalue weighted by Crippen LogP contribution is -2.43. The first-order valence-electron chi connectivity index (χ1n) is 5.97. The number of hydrogen-bond acceptors (Lipinski definition) is 4. The van der Waals surface area contributed by atoms with Gasteiger partial charge in [-0.1, -0.05) is 5.92 Å². The lowest BCUT2D eigenvalue weighted by molar-refractivity contribution is -0.122. The Labute approximate surface area is 103 Å². The summed E-state index contributed by atoms with van der Waals surface area (Å²) in [5.74, 6) is 2.24. The molecule has 17 heavy (non-hydrogen) atoms. The standard InChI is InChI=1S/C12H21N3O2/c1-2-6-15-7-3-11(4-8-15)14-5-9-17-10-12(13)16/h1,11,14H,3-10H2,(H2,13,16). The summed E-state index contributed by atoms with van der Waals surface area (Å²) in [4.78, 5) is 12.7. The molecule has 1 aliphatic heterocycles. The number of likely N-dealkylation sites (tertiary alicyclic amines) is 1. The van der Waals surface area contributed by atoms with E-state index in [0.717, 1.165) is 39.0 Å². The molecule has 0 aromatic heterocycles. The van der Waals surface area contributed by atoms with Crippen LogP contribution in [-0.2, 0) is 9.53 Å². The summed E-state index contributed by atoms with van der Waals surface area (Å²) in [6, 6.07) is 0.529. The third-order valence-corrected chi connectivity index (χ3v) is 2.83. The van der Waals surface area contributed by atoms with E-state index in [4.69, 9.17) is 16.9 Å². The maximum absolute atomic E-state index is 10.4. The highest BCUT2D eigenvalue weighted by atomic mass is 16.5. The van der Waals surface area contributed by atoms with Crippen molar-refractivity contribution in [2.24, 2.45) is 5.73 Å². The second-order valence-corrected chi connectivity index (χ2v) is 4.23. The zero-order valence-corrected chi connectivity index (χ0v) is 10.2. The van der Waals surface area contributed by atoms with Crippen molar-refractivity contribution in [2.45, 2.75) is 18.9 Å². The molecular weight excluding hydrogens is 218 g/mol. The Bertz CT molecular complexity index is 267. The van der Waals surface area contributed by atoms with Gasteiger partial charge >= 0.3 is 0 Å². The Kier molecular flexibility index (Phi) is 6.63. The summed E-state index contributed by atoms with van der Waals surface area (Å²) >= 11 is 0. The maximum atomic E-state index is 10.4. The predicted octanol–water partition coefficient (Wildman–Crippen LogP) is -0.824. The van der Waals surface area contributed by atoms with Crippen molar-refractivity contribution in [2.75, 3.05) is 39.4 Å². The zero-order chi connectivity index (χ0) is 12.5. The van der Waals surface area contributed by atoms with Crippen LogP contribution in [0.2, 0.25) is 0 Å². The SMILES string of the molecule is C#CCN1CCC(NCCOCC(N)=O)CC1. The number of amides is 1. The highest BCUT2D eigenvalue weighted by molar-refractivity contribution is 5.74. The fraction of sp³-hybridized carbons (Fsp3) is 0.750. The summed E-state index contributed by atoms with van der Waals surface area (Å²) in [7, 11) is 0. The van der Waals surface area contributed by atoms with Gasteiger partial charge in [-0.15, -0.1) is 6.42 Å². The Balaban J connectivity index is 1.99. The largest absolute Gasteiger partial charge is 0.370 e. The number of carbonyl (C=O) groups is 1. The summed E-state index contributed by atoms with van der Waals surface area (Å²) in [6.45, 7) is 4.12. The highest BCUT2D eigenvalue weighted by Gasteiger charge is 2.17. The van der Waals surface area contributed by atoms with Gasteiger partial charge in [0.05, 0.1) is 13.2 Å². The first-order chi connectivity index (χ1) is 8.22. The fourth-order valence-corrected chi connectivity index (χ4v) is 1.93. The van der Waals surface area contributed by atoms with E-state index in [-0.39, 0.29) is 6.61 Å². The smallest absolute Gasteiger partial charge is 0.243 e. The monoisotopic (exact) mass is 239 g/mol. The average Bonchev–Trinajstić information content (AvgIpc) is 2.31. The van der Waals surface area contributed by atoms with Crippen LogP contribution in [0, 0.1) is 12.3 Å². The molecule has 0 bridgehead atoms. The van der Waals surface area contributed by atoms with E-state index < -0.39 is 5.91 Å². The summed E-state index contributed by atoms with van der Waals surface area (Å²) in [5.41, 5.74) is 4.96. The van der Waals surface area contributed by atoms with E-state index in [0.29, 0.717) is 12.6 Å². The molecular formula is C12H21N3O2. The number of ether oxygens (including phenoxy) is 1. The third kappa shape index (κ3) is 6.27. The molecule has 1 heterocycles. The Morgan fingerprint density at radius 3 is 2.82 bits per heavy atom. The minimum Gasteiger partial charge on any atom is -0.370 e. The second kappa shape index (κ2) is 8.07. The van der Waals surface area contributed by atoms with Crippen LogP contribution in [0.15, 0.2) is 0 Å². The first-order valence-corrected chi connectivity index (χ1v) is 5.97. The molecule has 0 aromatic carbocycles. The second-order valence-electron chi connectivity index (χ2n) is 4.23. The Morgan fingerprint density at radius 2 is 2.24 bits per heavy atom. The number of carbonyl (C=O) groups excluding carboxylic acids is 1. The zero-order valence-electron chi connectivity index (χ0n) is 10.2. The van der Waals surface area contributed by atoms with E-state index in [1.807, 2.05) is 0 Å². The van der Waals surface area contributed by atoms with E-state index in [2.05, 4.69) is 16.1 Å². The molecule has 1 amide bonds. The lowest BCUT2D eigenvalue weighted by Gasteiger charge is -2.31. The normalized spacial score (nSPS) is 17.8. The van der Waals surface area contributed by atoms with E-state index in [1.54, 1.807) is 0 Å². The molecule has 1 aliphatic rings. The van der Waals surface area contributed by atoms with E-state index in [1.165, 1.54) is 0 Å².